The molecule has 4 heteroatoms. The standard InChI is InChI=1S/C17H26N2O2/c1-4-17(20)19-14-10-7-9-13(12(14)2)18-15-8-5-6-11-16(15)21-3/h7,9-10,15-16,18H,4-6,8,11H2,1-3H3,(H,19,20). The fraction of sp³-hybridized carbons (Fsp3) is 0.588. The number of amides is 1. The Morgan fingerprint density at radius 1 is 1.29 bits per heavy atom. The highest BCUT2D eigenvalue weighted by atomic mass is 16.5. The van der Waals surface area contributed by atoms with Gasteiger partial charge in [0.2, 0.25) is 5.91 Å². The summed E-state index contributed by atoms with van der Waals surface area (Å²) in [6, 6.07) is 6.34. The lowest BCUT2D eigenvalue weighted by Crippen LogP contribution is -2.38. The summed E-state index contributed by atoms with van der Waals surface area (Å²) in [5.41, 5.74) is 3.05. The summed E-state index contributed by atoms with van der Waals surface area (Å²) in [6.07, 6.45) is 5.48. The molecule has 0 aliphatic heterocycles. The minimum Gasteiger partial charge on any atom is -0.379 e. The van der Waals surface area contributed by atoms with Crippen molar-refractivity contribution >= 4 is 17.3 Å². The van der Waals surface area contributed by atoms with Crippen molar-refractivity contribution in [3.63, 3.8) is 0 Å². The topological polar surface area (TPSA) is 50.4 Å². The van der Waals surface area contributed by atoms with Crippen molar-refractivity contribution in [2.24, 2.45) is 0 Å². The van der Waals surface area contributed by atoms with Gasteiger partial charge in [0.05, 0.1) is 12.1 Å². The highest BCUT2D eigenvalue weighted by Crippen LogP contribution is 2.28. The largest absolute Gasteiger partial charge is 0.379 e. The Balaban J connectivity index is 2.12. The number of carbonyl (C=O) groups is 1. The van der Waals surface area contributed by atoms with Gasteiger partial charge in [-0.1, -0.05) is 25.8 Å². The van der Waals surface area contributed by atoms with Gasteiger partial charge in [-0.3, -0.25) is 4.79 Å². The molecule has 4 nitrogen and oxygen atoms in total. The van der Waals surface area contributed by atoms with Crippen LogP contribution in [0, 0.1) is 6.92 Å². The summed E-state index contributed by atoms with van der Waals surface area (Å²) >= 11 is 0. The smallest absolute Gasteiger partial charge is 0.224 e. The van der Waals surface area contributed by atoms with Gasteiger partial charge in [-0.2, -0.15) is 0 Å². The molecule has 2 rings (SSSR count). The average Bonchev–Trinajstić information content (AvgIpc) is 2.51. The SMILES string of the molecule is CCC(=O)Nc1cccc(NC2CCCCC2OC)c1C. The highest BCUT2D eigenvalue weighted by molar-refractivity contribution is 5.92. The van der Waals surface area contributed by atoms with Gasteiger partial charge in [-0.15, -0.1) is 0 Å². The number of hydrogen-bond acceptors (Lipinski definition) is 3. The van der Waals surface area contributed by atoms with E-state index in [0.717, 1.165) is 29.8 Å². The van der Waals surface area contributed by atoms with Crippen LogP contribution < -0.4 is 10.6 Å². The minimum atomic E-state index is 0.0442. The fourth-order valence-corrected chi connectivity index (χ4v) is 2.91. The molecule has 1 saturated carbocycles. The van der Waals surface area contributed by atoms with E-state index in [1.807, 2.05) is 26.0 Å². The molecule has 1 aromatic carbocycles. The lowest BCUT2D eigenvalue weighted by molar-refractivity contribution is -0.115. The molecular weight excluding hydrogens is 264 g/mol. The summed E-state index contributed by atoms with van der Waals surface area (Å²) in [5, 5.41) is 6.56. The van der Waals surface area contributed by atoms with Gasteiger partial charge in [-0.05, 0) is 37.5 Å². The Bertz CT molecular complexity index is 488. The number of benzene rings is 1. The van der Waals surface area contributed by atoms with Crippen LogP contribution in [-0.2, 0) is 9.53 Å². The van der Waals surface area contributed by atoms with Gasteiger partial charge in [0, 0.05) is 24.9 Å². The van der Waals surface area contributed by atoms with Crippen LogP contribution in [0.4, 0.5) is 11.4 Å². The normalized spacial score (nSPS) is 21.9. The first-order valence-electron chi connectivity index (χ1n) is 7.84. The number of rotatable bonds is 5. The summed E-state index contributed by atoms with van der Waals surface area (Å²) in [7, 11) is 1.79. The van der Waals surface area contributed by atoms with Gasteiger partial charge in [0.25, 0.3) is 0 Å². The Morgan fingerprint density at radius 2 is 2.00 bits per heavy atom. The third-order valence-corrected chi connectivity index (χ3v) is 4.28. The predicted octanol–water partition coefficient (Wildman–Crippen LogP) is 3.71. The van der Waals surface area contributed by atoms with E-state index in [4.69, 9.17) is 4.74 Å². The number of methoxy groups -OCH3 is 1. The van der Waals surface area contributed by atoms with E-state index in [9.17, 15) is 4.79 Å². The Morgan fingerprint density at radius 3 is 2.71 bits per heavy atom. The molecule has 0 aromatic heterocycles. The zero-order valence-electron chi connectivity index (χ0n) is 13.2. The molecule has 1 aromatic rings. The first-order chi connectivity index (χ1) is 10.2. The highest BCUT2D eigenvalue weighted by Gasteiger charge is 2.25. The molecule has 116 valence electrons. The first-order valence-corrected chi connectivity index (χ1v) is 7.84. The molecule has 0 bridgehead atoms. The monoisotopic (exact) mass is 290 g/mol. The van der Waals surface area contributed by atoms with E-state index in [-0.39, 0.29) is 12.0 Å². The van der Waals surface area contributed by atoms with Crippen molar-refractivity contribution < 1.29 is 9.53 Å². The summed E-state index contributed by atoms with van der Waals surface area (Å²) in [5.74, 6) is 0.0442. The van der Waals surface area contributed by atoms with Crippen LogP contribution in [0.2, 0.25) is 0 Å². The Kier molecular flexibility index (Phi) is 5.62. The fourth-order valence-electron chi connectivity index (χ4n) is 2.91. The summed E-state index contributed by atoms with van der Waals surface area (Å²) < 4.78 is 5.60. The second-order valence-corrected chi connectivity index (χ2v) is 5.69. The lowest BCUT2D eigenvalue weighted by atomic mass is 9.92. The predicted molar refractivity (Wildman–Crippen MR) is 86.8 cm³/mol. The molecule has 0 heterocycles. The zero-order valence-corrected chi connectivity index (χ0v) is 13.2. The molecule has 2 atom stereocenters. The average molecular weight is 290 g/mol. The third kappa shape index (κ3) is 3.97. The van der Waals surface area contributed by atoms with Crippen LogP contribution in [0.15, 0.2) is 18.2 Å². The van der Waals surface area contributed by atoms with Crippen LogP contribution in [-0.4, -0.2) is 25.2 Å². The molecule has 0 radical (unpaired) electrons. The molecular formula is C17H26N2O2. The van der Waals surface area contributed by atoms with E-state index < -0.39 is 0 Å². The van der Waals surface area contributed by atoms with Crippen molar-refractivity contribution in [1.29, 1.82) is 0 Å². The van der Waals surface area contributed by atoms with Crippen molar-refractivity contribution in [1.82, 2.24) is 0 Å². The number of carbonyl (C=O) groups excluding carboxylic acids is 1. The van der Waals surface area contributed by atoms with Crippen molar-refractivity contribution in [3.8, 4) is 0 Å². The number of hydrogen-bond donors (Lipinski definition) is 2. The molecule has 0 saturated heterocycles. The number of anilines is 2. The van der Waals surface area contributed by atoms with Crippen LogP contribution in [0.1, 0.15) is 44.6 Å². The van der Waals surface area contributed by atoms with E-state index >= 15 is 0 Å². The van der Waals surface area contributed by atoms with E-state index in [1.54, 1.807) is 7.11 Å². The summed E-state index contributed by atoms with van der Waals surface area (Å²) in [4.78, 5) is 11.6. The lowest BCUT2D eigenvalue weighted by Gasteiger charge is -2.32. The van der Waals surface area contributed by atoms with Crippen molar-refractivity contribution in [2.75, 3.05) is 17.7 Å². The maximum atomic E-state index is 11.6. The van der Waals surface area contributed by atoms with Gasteiger partial charge in [-0.25, -0.2) is 0 Å². The van der Waals surface area contributed by atoms with Gasteiger partial charge in [0.1, 0.15) is 0 Å². The quantitative estimate of drug-likeness (QED) is 0.869. The van der Waals surface area contributed by atoms with Crippen LogP contribution >= 0.6 is 0 Å². The van der Waals surface area contributed by atoms with E-state index in [2.05, 4.69) is 16.7 Å². The maximum Gasteiger partial charge on any atom is 0.224 e. The third-order valence-electron chi connectivity index (χ3n) is 4.28. The molecule has 1 fully saturated rings. The molecule has 1 aliphatic rings. The van der Waals surface area contributed by atoms with Gasteiger partial charge in [0.15, 0.2) is 0 Å². The van der Waals surface area contributed by atoms with Gasteiger partial charge >= 0.3 is 0 Å². The number of ether oxygens (including phenoxy) is 1. The van der Waals surface area contributed by atoms with Crippen molar-refractivity contribution in [2.45, 2.75) is 58.1 Å². The van der Waals surface area contributed by atoms with E-state index in [1.165, 1.54) is 12.8 Å². The second-order valence-electron chi connectivity index (χ2n) is 5.69. The zero-order chi connectivity index (χ0) is 15.2. The first kappa shape index (κ1) is 15.8. The molecule has 1 aliphatic carbocycles. The summed E-state index contributed by atoms with van der Waals surface area (Å²) in [6.45, 7) is 3.90. The molecule has 0 spiro atoms. The van der Waals surface area contributed by atoms with Gasteiger partial charge < -0.3 is 15.4 Å². The van der Waals surface area contributed by atoms with Crippen LogP contribution in [0.5, 0.6) is 0 Å². The minimum absolute atomic E-state index is 0.0442. The second kappa shape index (κ2) is 7.46. The molecule has 2 N–H and O–H groups in total. The molecule has 21 heavy (non-hydrogen) atoms. The Hall–Kier alpha value is -1.55. The Labute approximate surface area is 127 Å². The molecule has 1 amide bonds. The van der Waals surface area contributed by atoms with Crippen molar-refractivity contribution in [3.05, 3.63) is 23.8 Å². The molecule has 2 unspecified atom stereocenters. The number of nitrogens with one attached hydrogen (secondary N) is 2. The van der Waals surface area contributed by atoms with E-state index in [0.29, 0.717) is 12.5 Å². The van der Waals surface area contributed by atoms with Crippen LogP contribution in [0.25, 0.3) is 0 Å². The van der Waals surface area contributed by atoms with Crippen LogP contribution in [0.3, 0.4) is 0 Å². The maximum absolute atomic E-state index is 11.6.